The van der Waals surface area contributed by atoms with Crippen molar-refractivity contribution < 1.29 is 33.8 Å². The van der Waals surface area contributed by atoms with E-state index in [0.717, 1.165) is 16.0 Å². The average Bonchev–Trinajstić information content (AvgIpc) is 3.52. The van der Waals surface area contributed by atoms with Crippen LogP contribution in [0.4, 0.5) is 4.79 Å². The molecule has 43 heavy (non-hydrogen) atoms. The summed E-state index contributed by atoms with van der Waals surface area (Å²) in [5.41, 5.74) is 0.420. The number of carbonyl (C=O) groups is 4. The number of nitrogens with zero attached hydrogens (tertiary/aromatic N) is 1. The second-order valence-corrected chi connectivity index (χ2v) is 13.0. The highest BCUT2D eigenvalue weighted by atomic mass is 32.2. The normalized spacial score (nSPS) is 18.8. The first-order valence-corrected chi connectivity index (χ1v) is 15.5. The highest BCUT2D eigenvalue weighted by molar-refractivity contribution is 8.00. The van der Waals surface area contributed by atoms with Gasteiger partial charge in [-0.15, -0.1) is 23.1 Å². The van der Waals surface area contributed by atoms with E-state index in [1.165, 1.54) is 23.1 Å². The maximum atomic E-state index is 13.5. The van der Waals surface area contributed by atoms with Gasteiger partial charge in [-0.1, -0.05) is 66.7 Å². The summed E-state index contributed by atoms with van der Waals surface area (Å²) in [6, 6.07) is 19.7. The van der Waals surface area contributed by atoms with Crippen LogP contribution in [0.3, 0.4) is 0 Å². The molecule has 1 saturated heterocycles. The molecule has 5 rings (SSSR count). The molecule has 10 nitrogen and oxygen atoms in total. The zero-order chi connectivity index (χ0) is 30.7. The second kappa shape index (κ2) is 12.5. The average molecular weight is 622 g/mol. The Morgan fingerprint density at radius 1 is 0.977 bits per heavy atom. The minimum absolute atomic E-state index is 0.0388. The van der Waals surface area contributed by atoms with E-state index in [1.54, 1.807) is 38.3 Å². The zero-order valence-corrected chi connectivity index (χ0v) is 25.3. The number of hydrogen-bond acceptors (Lipinski definition) is 9. The van der Waals surface area contributed by atoms with Crippen LogP contribution in [0.25, 0.3) is 0 Å². The molecule has 1 aromatic heterocycles. The Balaban J connectivity index is 1.32. The van der Waals surface area contributed by atoms with E-state index < -0.39 is 53.0 Å². The number of β-lactam (4-membered cyclic amide) rings is 1. The molecule has 0 spiro atoms. The molecule has 2 aliphatic rings. The van der Waals surface area contributed by atoms with Crippen molar-refractivity contribution >= 4 is 47.0 Å². The molecule has 0 bridgehead atoms. The highest BCUT2D eigenvalue weighted by Crippen LogP contribution is 2.41. The summed E-state index contributed by atoms with van der Waals surface area (Å²) in [5, 5.41) is 17.1. The first kappa shape index (κ1) is 30.2. The largest absolute Gasteiger partial charge is 0.509 e. The van der Waals surface area contributed by atoms with E-state index in [9.17, 15) is 24.3 Å². The van der Waals surface area contributed by atoms with Gasteiger partial charge in [0.1, 0.15) is 28.8 Å². The summed E-state index contributed by atoms with van der Waals surface area (Å²) in [4.78, 5) is 54.5. The standard InChI is InChI=1S/C31H31N3O7S2/c1-31(2,3)41-30(39)33-22(21-15-10-16-42-21)26(36)32-23-27(37)34-24(20(35)17-43-28(23)34)29(38)40-25(18-11-6-4-7-12-18)19-13-8-5-9-14-19/h4-16,22-23,25,28,35H,17H2,1-3H3,(H,32,36)(H,33,39)/t22?,23-,28-/m1/s1. The maximum absolute atomic E-state index is 13.5. The predicted molar refractivity (Wildman–Crippen MR) is 162 cm³/mol. The minimum Gasteiger partial charge on any atom is -0.509 e. The number of fused-ring (bicyclic) bond motifs is 1. The first-order valence-electron chi connectivity index (χ1n) is 13.5. The van der Waals surface area contributed by atoms with Gasteiger partial charge >= 0.3 is 12.1 Å². The predicted octanol–water partition coefficient (Wildman–Crippen LogP) is 4.82. The first-order chi connectivity index (χ1) is 20.5. The van der Waals surface area contributed by atoms with Crippen molar-refractivity contribution in [1.82, 2.24) is 15.5 Å². The van der Waals surface area contributed by atoms with Crippen molar-refractivity contribution in [3.63, 3.8) is 0 Å². The number of thiophene rings is 1. The van der Waals surface area contributed by atoms with Crippen LogP contribution in [0.2, 0.25) is 0 Å². The highest BCUT2D eigenvalue weighted by Gasteiger charge is 2.55. The number of hydrogen-bond donors (Lipinski definition) is 3. The Morgan fingerprint density at radius 3 is 2.16 bits per heavy atom. The molecule has 3 heterocycles. The van der Waals surface area contributed by atoms with Crippen LogP contribution in [-0.2, 0) is 23.9 Å². The lowest BCUT2D eigenvalue weighted by atomic mass is 10.0. The van der Waals surface area contributed by atoms with E-state index in [2.05, 4.69) is 10.6 Å². The molecule has 12 heteroatoms. The number of alkyl carbamates (subject to hydrolysis) is 1. The lowest BCUT2D eigenvalue weighted by Crippen LogP contribution is -2.71. The van der Waals surface area contributed by atoms with Gasteiger partial charge in [-0.2, -0.15) is 0 Å². The molecule has 3 atom stereocenters. The number of aliphatic hydroxyl groups excluding tert-OH is 1. The molecule has 3 amide bonds. The van der Waals surface area contributed by atoms with Crippen molar-refractivity contribution in [2.75, 3.05) is 5.75 Å². The molecule has 2 aliphatic heterocycles. The molecule has 0 aliphatic carbocycles. The van der Waals surface area contributed by atoms with Crippen LogP contribution in [0.15, 0.2) is 89.6 Å². The molecular weight excluding hydrogens is 590 g/mol. The van der Waals surface area contributed by atoms with Gasteiger partial charge in [0.2, 0.25) is 5.91 Å². The van der Waals surface area contributed by atoms with Crippen LogP contribution < -0.4 is 10.6 Å². The number of rotatable bonds is 8. The van der Waals surface area contributed by atoms with Gasteiger partial charge in [-0.25, -0.2) is 9.59 Å². The number of amides is 3. The second-order valence-electron chi connectivity index (χ2n) is 10.9. The van der Waals surface area contributed by atoms with Crippen LogP contribution in [0, 0.1) is 0 Å². The number of ether oxygens (including phenoxy) is 2. The molecule has 1 unspecified atom stereocenters. The van der Waals surface area contributed by atoms with Crippen molar-refractivity contribution in [2.45, 2.75) is 49.9 Å². The van der Waals surface area contributed by atoms with E-state index in [0.29, 0.717) is 4.88 Å². The SMILES string of the molecule is CC(C)(C)OC(=O)NC(C(=O)N[C@@H]1C(=O)N2C(C(=O)OC(c3ccccc3)c3ccccc3)=C(O)CS[C@H]12)c1cccs1. The van der Waals surface area contributed by atoms with Gasteiger partial charge in [0, 0.05) is 4.88 Å². The molecular formula is C31H31N3O7S2. The van der Waals surface area contributed by atoms with E-state index >= 15 is 0 Å². The van der Waals surface area contributed by atoms with Crippen molar-refractivity contribution in [3.05, 3.63) is 106 Å². The number of thioether (sulfide) groups is 1. The lowest BCUT2D eigenvalue weighted by molar-refractivity contribution is -0.155. The Bertz CT molecular complexity index is 1480. The number of aliphatic hydroxyl groups is 1. The lowest BCUT2D eigenvalue weighted by Gasteiger charge is -2.49. The van der Waals surface area contributed by atoms with Crippen LogP contribution in [-0.4, -0.2) is 56.7 Å². The quantitative estimate of drug-likeness (QED) is 0.241. The summed E-state index contributed by atoms with van der Waals surface area (Å²) in [6.45, 7) is 5.13. The third-order valence-electron chi connectivity index (χ3n) is 6.62. The monoisotopic (exact) mass is 621 g/mol. The van der Waals surface area contributed by atoms with Crippen LogP contribution >= 0.6 is 23.1 Å². The van der Waals surface area contributed by atoms with Gasteiger partial charge in [0.05, 0.1) is 5.75 Å². The fraction of sp³-hybridized carbons (Fsp3) is 0.290. The Hall–Kier alpha value is -4.29. The van der Waals surface area contributed by atoms with Crippen LogP contribution in [0.5, 0.6) is 0 Å². The summed E-state index contributed by atoms with van der Waals surface area (Å²) in [6.07, 6.45) is -1.56. The fourth-order valence-electron chi connectivity index (χ4n) is 4.72. The van der Waals surface area contributed by atoms with E-state index in [1.807, 2.05) is 60.7 Å². The molecule has 3 N–H and O–H groups in total. The van der Waals surface area contributed by atoms with Gasteiger partial charge < -0.3 is 25.2 Å². The molecule has 3 aromatic rings. The van der Waals surface area contributed by atoms with Gasteiger partial charge in [-0.3, -0.25) is 14.5 Å². The number of esters is 1. The van der Waals surface area contributed by atoms with Crippen molar-refractivity contribution in [3.8, 4) is 0 Å². The molecule has 2 aromatic carbocycles. The number of nitrogens with one attached hydrogen (secondary N) is 2. The summed E-state index contributed by atoms with van der Waals surface area (Å²) in [7, 11) is 0. The minimum atomic E-state index is -1.10. The zero-order valence-electron chi connectivity index (χ0n) is 23.7. The fourth-order valence-corrected chi connectivity index (χ4v) is 6.70. The topological polar surface area (TPSA) is 134 Å². The van der Waals surface area contributed by atoms with Crippen molar-refractivity contribution in [1.29, 1.82) is 0 Å². The van der Waals surface area contributed by atoms with Gasteiger partial charge in [-0.05, 0) is 43.3 Å². The van der Waals surface area contributed by atoms with Crippen molar-refractivity contribution in [2.24, 2.45) is 0 Å². The summed E-state index contributed by atoms with van der Waals surface area (Å²) < 4.78 is 11.2. The summed E-state index contributed by atoms with van der Waals surface area (Å²) >= 11 is 2.47. The van der Waals surface area contributed by atoms with E-state index in [4.69, 9.17) is 9.47 Å². The van der Waals surface area contributed by atoms with Gasteiger partial charge in [0.15, 0.2) is 11.8 Å². The number of benzene rings is 2. The van der Waals surface area contributed by atoms with Crippen LogP contribution in [0.1, 0.15) is 48.9 Å². The molecule has 0 radical (unpaired) electrons. The Labute approximate surface area is 257 Å². The Kier molecular flexibility index (Phi) is 8.79. The molecule has 1 fully saturated rings. The molecule has 0 saturated carbocycles. The smallest absolute Gasteiger partial charge is 0.408 e. The van der Waals surface area contributed by atoms with Gasteiger partial charge in [0.25, 0.3) is 5.91 Å². The third kappa shape index (κ3) is 6.70. The summed E-state index contributed by atoms with van der Waals surface area (Å²) in [5.74, 6) is -2.30. The Morgan fingerprint density at radius 2 is 1.60 bits per heavy atom. The number of carbonyl (C=O) groups excluding carboxylic acids is 4. The van der Waals surface area contributed by atoms with E-state index in [-0.39, 0.29) is 17.2 Å². The maximum Gasteiger partial charge on any atom is 0.408 e. The third-order valence-corrected chi connectivity index (χ3v) is 8.82. The molecule has 224 valence electrons.